The molecule has 0 bridgehead atoms. The Labute approximate surface area is 90.6 Å². The summed E-state index contributed by atoms with van der Waals surface area (Å²) in [7, 11) is 1.77. The van der Waals surface area contributed by atoms with Crippen LogP contribution in [0.5, 0.6) is 0 Å². The van der Waals surface area contributed by atoms with Crippen molar-refractivity contribution in [2.45, 2.75) is 13.0 Å². The number of nitrogens with one attached hydrogen (secondary N) is 1. The van der Waals surface area contributed by atoms with E-state index in [1.165, 1.54) is 6.07 Å². The van der Waals surface area contributed by atoms with Crippen molar-refractivity contribution in [2.75, 3.05) is 7.05 Å². The van der Waals surface area contributed by atoms with Crippen molar-refractivity contribution >= 4 is 21.6 Å². The van der Waals surface area contributed by atoms with Crippen LogP contribution in [0.3, 0.4) is 0 Å². The summed E-state index contributed by atoms with van der Waals surface area (Å²) in [5.41, 5.74) is 0.835. The van der Waals surface area contributed by atoms with Gasteiger partial charge in [-0.2, -0.15) is 0 Å². The highest BCUT2D eigenvalue weighted by molar-refractivity contribution is 9.10. The van der Waals surface area contributed by atoms with E-state index in [-0.39, 0.29) is 16.7 Å². The van der Waals surface area contributed by atoms with Gasteiger partial charge in [0.1, 0.15) is 0 Å². The van der Waals surface area contributed by atoms with Crippen LogP contribution in [0, 0.1) is 10.1 Å². The average Bonchev–Trinajstić information content (AvgIpc) is 2.16. The van der Waals surface area contributed by atoms with E-state index in [0.717, 1.165) is 4.47 Å². The molecule has 0 spiro atoms. The first-order valence-electron chi connectivity index (χ1n) is 4.17. The molecule has 1 rings (SSSR count). The lowest BCUT2D eigenvalue weighted by atomic mass is 10.1. The highest BCUT2D eigenvalue weighted by Crippen LogP contribution is 2.27. The Balaban J connectivity index is 3.22. The van der Waals surface area contributed by atoms with Gasteiger partial charge in [-0.1, -0.05) is 15.9 Å². The number of nitrogens with zero attached hydrogens (tertiary/aromatic N) is 1. The number of benzene rings is 1. The average molecular weight is 259 g/mol. The van der Waals surface area contributed by atoms with E-state index in [1.807, 2.05) is 6.92 Å². The lowest BCUT2D eigenvalue weighted by Gasteiger charge is -2.10. The highest BCUT2D eigenvalue weighted by Gasteiger charge is 2.17. The molecule has 1 aromatic rings. The summed E-state index contributed by atoms with van der Waals surface area (Å²) in [4.78, 5) is 10.4. The number of hydrogen-bond donors (Lipinski definition) is 1. The normalized spacial score (nSPS) is 12.5. The minimum atomic E-state index is -0.365. The van der Waals surface area contributed by atoms with Gasteiger partial charge in [-0.25, -0.2) is 0 Å². The molecule has 76 valence electrons. The summed E-state index contributed by atoms with van der Waals surface area (Å²) >= 11 is 3.29. The maximum Gasteiger partial charge on any atom is 0.274 e. The van der Waals surface area contributed by atoms with Crippen LogP contribution in [0.4, 0.5) is 5.69 Å². The molecule has 5 heteroatoms. The third kappa shape index (κ3) is 2.30. The zero-order chi connectivity index (χ0) is 10.7. The smallest absolute Gasteiger partial charge is 0.274 e. The molecule has 0 radical (unpaired) electrons. The molecule has 0 heterocycles. The maximum absolute atomic E-state index is 10.7. The van der Waals surface area contributed by atoms with Crippen LogP contribution >= 0.6 is 15.9 Å². The lowest BCUT2D eigenvalue weighted by molar-refractivity contribution is -0.385. The Morgan fingerprint density at radius 3 is 2.71 bits per heavy atom. The molecule has 0 saturated heterocycles. The molecular weight excluding hydrogens is 248 g/mol. The standard InChI is InChI=1S/C9H11BrN2O2/c1-6(11-2)8-5-7(10)3-4-9(8)12(13)14/h3-6,11H,1-2H3/t6-/m0/s1. The monoisotopic (exact) mass is 258 g/mol. The summed E-state index contributed by atoms with van der Waals surface area (Å²) in [6, 6.07) is 4.91. The number of halogens is 1. The van der Waals surface area contributed by atoms with Gasteiger partial charge in [-0.3, -0.25) is 10.1 Å². The summed E-state index contributed by atoms with van der Waals surface area (Å²) in [5.74, 6) is 0. The van der Waals surface area contributed by atoms with Gasteiger partial charge in [-0.15, -0.1) is 0 Å². The topological polar surface area (TPSA) is 55.2 Å². The Kier molecular flexibility index (Phi) is 3.60. The van der Waals surface area contributed by atoms with Crippen molar-refractivity contribution in [3.8, 4) is 0 Å². The number of rotatable bonds is 3. The van der Waals surface area contributed by atoms with Crippen molar-refractivity contribution in [3.05, 3.63) is 38.3 Å². The second kappa shape index (κ2) is 4.52. The second-order valence-corrected chi connectivity index (χ2v) is 3.89. The zero-order valence-electron chi connectivity index (χ0n) is 7.95. The van der Waals surface area contributed by atoms with Crippen molar-refractivity contribution < 1.29 is 4.92 Å². The molecule has 4 nitrogen and oxygen atoms in total. The van der Waals surface area contributed by atoms with Crippen molar-refractivity contribution in [1.29, 1.82) is 0 Å². The van der Waals surface area contributed by atoms with E-state index in [9.17, 15) is 10.1 Å². The van der Waals surface area contributed by atoms with Crippen LogP contribution in [0.1, 0.15) is 18.5 Å². The van der Waals surface area contributed by atoms with Gasteiger partial charge in [0.2, 0.25) is 0 Å². The molecule has 0 saturated carbocycles. The van der Waals surface area contributed by atoms with Crippen LogP contribution in [0.25, 0.3) is 0 Å². The third-order valence-electron chi connectivity index (χ3n) is 2.09. The number of nitro groups is 1. The molecular formula is C9H11BrN2O2. The quantitative estimate of drug-likeness (QED) is 0.670. The summed E-state index contributed by atoms with van der Waals surface area (Å²) in [6.07, 6.45) is 0. The molecule has 1 N–H and O–H groups in total. The number of nitro benzene ring substituents is 1. The highest BCUT2D eigenvalue weighted by atomic mass is 79.9. The first-order valence-corrected chi connectivity index (χ1v) is 4.96. The van der Waals surface area contributed by atoms with Crippen LogP contribution in [-0.2, 0) is 0 Å². The molecule has 1 aromatic carbocycles. The minimum absolute atomic E-state index is 0.0344. The fraction of sp³-hybridized carbons (Fsp3) is 0.333. The fourth-order valence-corrected chi connectivity index (χ4v) is 1.57. The van der Waals surface area contributed by atoms with Gasteiger partial charge in [0.15, 0.2) is 0 Å². The van der Waals surface area contributed by atoms with Crippen molar-refractivity contribution in [3.63, 3.8) is 0 Å². The van der Waals surface area contributed by atoms with E-state index in [0.29, 0.717) is 5.56 Å². The predicted octanol–water partition coefficient (Wildman–Crippen LogP) is 2.64. The Bertz CT molecular complexity index is 355. The van der Waals surface area contributed by atoms with Crippen molar-refractivity contribution in [2.24, 2.45) is 0 Å². The van der Waals surface area contributed by atoms with Gasteiger partial charge < -0.3 is 5.32 Å². The van der Waals surface area contributed by atoms with Crippen LogP contribution in [0.15, 0.2) is 22.7 Å². The van der Waals surface area contributed by atoms with E-state index in [1.54, 1.807) is 19.2 Å². The molecule has 0 aliphatic heterocycles. The Morgan fingerprint density at radius 2 is 2.21 bits per heavy atom. The second-order valence-electron chi connectivity index (χ2n) is 2.97. The Hall–Kier alpha value is -0.940. The minimum Gasteiger partial charge on any atom is -0.313 e. The largest absolute Gasteiger partial charge is 0.313 e. The fourth-order valence-electron chi connectivity index (χ4n) is 1.19. The predicted molar refractivity (Wildman–Crippen MR) is 58.3 cm³/mol. The van der Waals surface area contributed by atoms with Gasteiger partial charge in [0.25, 0.3) is 5.69 Å². The molecule has 14 heavy (non-hydrogen) atoms. The first kappa shape index (κ1) is 11.1. The van der Waals surface area contributed by atoms with Crippen molar-refractivity contribution in [1.82, 2.24) is 5.32 Å². The van der Waals surface area contributed by atoms with Gasteiger partial charge in [0.05, 0.1) is 4.92 Å². The zero-order valence-corrected chi connectivity index (χ0v) is 9.54. The van der Waals surface area contributed by atoms with E-state index >= 15 is 0 Å². The molecule has 0 fully saturated rings. The molecule has 1 atom stereocenters. The van der Waals surface area contributed by atoms with E-state index in [2.05, 4.69) is 21.2 Å². The summed E-state index contributed by atoms with van der Waals surface area (Å²) in [6.45, 7) is 1.88. The van der Waals surface area contributed by atoms with Gasteiger partial charge >= 0.3 is 0 Å². The Morgan fingerprint density at radius 1 is 1.57 bits per heavy atom. The molecule has 0 unspecified atom stereocenters. The lowest BCUT2D eigenvalue weighted by Crippen LogP contribution is -2.13. The van der Waals surface area contributed by atoms with E-state index in [4.69, 9.17) is 0 Å². The molecule has 0 amide bonds. The molecule has 0 aliphatic carbocycles. The summed E-state index contributed by atoms with van der Waals surface area (Å²) in [5, 5.41) is 13.7. The molecule has 0 aromatic heterocycles. The first-order chi connectivity index (χ1) is 6.56. The van der Waals surface area contributed by atoms with Gasteiger partial charge in [-0.05, 0) is 26.1 Å². The van der Waals surface area contributed by atoms with Crippen LogP contribution < -0.4 is 5.32 Å². The SMILES string of the molecule is CN[C@@H](C)c1cc(Br)ccc1[N+](=O)[O-]. The van der Waals surface area contributed by atoms with Crippen LogP contribution in [-0.4, -0.2) is 12.0 Å². The number of hydrogen-bond acceptors (Lipinski definition) is 3. The summed E-state index contributed by atoms with van der Waals surface area (Å²) < 4.78 is 0.847. The molecule has 0 aliphatic rings. The van der Waals surface area contributed by atoms with E-state index < -0.39 is 0 Å². The van der Waals surface area contributed by atoms with Crippen LogP contribution in [0.2, 0.25) is 0 Å². The maximum atomic E-state index is 10.7. The van der Waals surface area contributed by atoms with Gasteiger partial charge in [0, 0.05) is 22.1 Å². The third-order valence-corrected chi connectivity index (χ3v) is 2.58.